The minimum Gasteiger partial charge on any atom is -0.494 e. The van der Waals surface area contributed by atoms with Gasteiger partial charge in [-0.3, -0.25) is 14.9 Å². The lowest BCUT2D eigenvalue weighted by Crippen LogP contribution is -2.07. The number of carbonyl (C=O) groups is 1. The summed E-state index contributed by atoms with van der Waals surface area (Å²) < 4.78 is 15.7. The number of hydrogen-bond acceptors (Lipinski definition) is 8. The molecule has 0 amide bonds. The van der Waals surface area contributed by atoms with Crippen molar-refractivity contribution in [1.29, 1.82) is 0 Å². The monoisotopic (exact) mass is 397 g/mol. The number of esters is 1. The third-order valence-electron chi connectivity index (χ3n) is 3.94. The Labute approximate surface area is 166 Å². The number of aromatic nitrogens is 2. The smallest absolute Gasteiger partial charge is 0.306 e. The summed E-state index contributed by atoms with van der Waals surface area (Å²) in [5.41, 5.74) is 1.64. The van der Waals surface area contributed by atoms with E-state index in [1.54, 1.807) is 0 Å². The molecule has 9 nitrogen and oxygen atoms in total. The van der Waals surface area contributed by atoms with Crippen molar-refractivity contribution in [2.24, 2.45) is 0 Å². The predicted molar refractivity (Wildman–Crippen MR) is 102 cm³/mol. The highest BCUT2D eigenvalue weighted by molar-refractivity contribution is 5.69. The third-order valence-corrected chi connectivity index (χ3v) is 3.94. The lowest BCUT2D eigenvalue weighted by atomic mass is 10.2. The Bertz CT molecular complexity index is 984. The molecule has 9 heteroatoms. The molecule has 0 unspecified atom stereocenters. The number of carbonyl (C=O) groups excluding carboxylic acids is 1. The van der Waals surface area contributed by atoms with Gasteiger partial charge in [0.2, 0.25) is 5.82 Å². The van der Waals surface area contributed by atoms with Crippen molar-refractivity contribution >= 4 is 11.7 Å². The second-order valence-electron chi connectivity index (χ2n) is 6.24. The number of non-ortho nitro benzene ring substituents is 1. The number of nitro groups is 1. The number of ether oxygens (including phenoxy) is 2. The zero-order valence-electron chi connectivity index (χ0n) is 15.7. The summed E-state index contributed by atoms with van der Waals surface area (Å²) in [6.07, 6.45) is 0.722. The molecule has 0 bridgehead atoms. The van der Waals surface area contributed by atoms with Gasteiger partial charge in [0, 0.05) is 24.1 Å². The first-order valence-corrected chi connectivity index (χ1v) is 8.94. The lowest BCUT2D eigenvalue weighted by Gasteiger charge is -2.06. The topological polar surface area (TPSA) is 118 Å². The molecule has 1 heterocycles. The van der Waals surface area contributed by atoms with E-state index in [4.69, 9.17) is 14.0 Å². The van der Waals surface area contributed by atoms with Crippen LogP contribution >= 0.6 is 0 Å². The summed E-state index contributed by atoms with van der Waals surface area (Å²) in [6.45, 7) is 2.25. The summed E-state index contributed by atoms with van der Waals surface area (Å²) in [6, 6.07) is 13.4. The van der Waals surface area contributed by atoms with E-state index in [0.29, 0.717) is 18.6 Å². The van der Waals surface area contributed by atoms with Crippen LogP contribution in [0.4, 0.5) is 5.69 Å². The van der Waals surface area contributed by atoms with Crippen LogP contribution in [-0.4, -0.2) is 27.6 Å². The SMILES string of the molecule is Cc1cccc(OCCCC(=O)OCc2nc(-c3ccc([N+](=O)[O-])cc3)no2)c1. The average molecular weight is 397 g/mol. The molecule has 0 aliphatic rings. The Morgan fingerprint density at radius 2 is 2.00 bits per heavy atom. The maximum absolute atomic E-state index is 11.8. The van der Waals surface area contributed by atoms with Crippen LogP contribution in [0.1, 0.15) is 24.3 Å². The van der Waals surface area contributed by atoms with Crippen molar-refractivity contribution in [1.82, 2.24) is 10.1 Å². The molecular weight excluding hydrogens is 378 g/mol. The van der Waals surface area contributed by atoms with Crippen LogP contribution in [0.5, 0.6) is 5.75 Å². The summed E-state index contributed by atoms with van der Waals surface area (Å²) in [5.74, 6) is 0.774. The van der Waals surface area contributed by atoms with E-state index in [-0.39, 0.29) is 30.4 Å². The first-order valence-electron chi connectivity index (χ1n) is 8.94. The molecule has 3 rings (SSSR count). The predicted octanol–water partition coefficient (Wildman–Crippen LogP) is 3.86. The van der Waals surface area contributed by atoms with E-state index in [1.165, 1.54) is 24.3 Å². The van der Waals surface area contributed by atoms with Gasteiger partial charge in [0.15, 0.2) is 6.61 Å². The molecule has 2 aromatic carbocycles. The quantitative estimate of drug-likeness (QED) is 0.231. The number of nitrogens with zero attached hydrogens (tertiary/aromatic N) is 3. The van der Waals surface area contributed by atoms with Gasteiger partial charge in [-0.05, 0) is 43.2 Å². The summed E-state index contributed by atoms with van der Waals surface area (Å²) >= 11 is 0. The Hall–Kier alpha value is -3.75. The van der Waals surface area contributed by atoms with E-state index < -0.39 is 10.9 Å². The zero-order valence-corrected chi connectivity index (χ0v) is 15.7. The van der Waals surface area contributed by atoms with Gasteiger partial charge in [-0.25, -0.2) is 0 Å². The first kappa shape index (κ1) is 20.0. The molecule has 0 radical (unpaired) electrons. The lowest BCUT2D eigenvalue weighted by molar-refractivity contribution is -0.384. The van der Waals surface area contributed by atoms with Crippen molar-refractivity contribution < 1.29 is 23.7 Å². The third kappa shape index (κ3) is 5.86. The molecule has 0 atom stereocenters. The van der Waals surface area contributed by atoms with Crippen LogP contribution in [-0.2, 0) is 16.1 Å². The van der Waals surface area contributed by atoms with Gasteiger partial charge in [0.25, 0.3) is 11.6 Å². The summed E-state index contributed by atoms with van der Waals surface area (Å²) in [7, 11) is 0. The molecule has 0 N–H and O–H groups in total. The van der Waals surface area contributed by atoms with Crippen molar-refractivity contribution in [2.75, 3.05) is 6.61 Å². The van der Waals surface area contributed by atoms with Crippen molar-refractivity contribution in [2.45, 2.75) is 26.4 Å². The highest BCUT2D eigenvalue weighted by Gasteiger charge is 2.13. The number of aryl methyl sites for hydroxylation is 1. The van der Waals surface area contributed by atoms with E-state index >= 15 is 0 Å². The first-order chi connectivity index (χ1) is 14.0. The molecule has 1 aromatic heterocycles. The van der Waals surface area contributed by atoms with Gasteiger partial charge in [0.05, 0.1) is 11.5 Å². The second kappa shape index (κ2) is 9.45. The summed E-state index contributed by atoms with van der Waals surface area (Å²) in [5, 5.41) is 14.5. The Kier molecular flexibility index (Phi) is 6.51. The van der Waals surface area contributed by atoms with Gasteiger partial charge in [0.1, 0.15) is 5.75 Å². The second-order valence-corrected chi connectivity index (χ2v) is 6.24. The van der Waals surface area contributed by atoms with Gasteiger partial charge >= 0.3 is 5.97 Å². The van der Waals surface area contributed by atoms with Crippen LogP contribution in [0, 0.1) is 17.0 Å². The highest BCUT2D eigenvalue weighted by atomic mass is 16.6. The average Bonchev–Trinajstić information content (AvgIpc) is 3.19. The maximum atomic E-state index is 11.8. The molecule has 0 fully saturated rings. The highest BCUT2D eigenvalue weighted by Crippen LogP contribution is 2.20. The molecule has 29 heavy (non-hydrogen) atoms. The molecule has 0 saturated carbocycles. The van der Waals surface area contributed by atoms with Crippen LogP contribution in [0.25, 0.3) is 11.4 Å². The Morgan fingerprint density at radius 1 is 1.21 bits per heavy atom. The van der Waals surface area contributed by atoms with Gasteiger partial charge in [-0.1, -0.05) is 17.3 Å². The van der Waals surface area contributed by atoms with Crippen molar-refractivity contribution in [3.8, 4) is 17.1 Å². The molecular formula is C20H19N3O6. The van der Waals surface area contributed by atoms with Crippen LogP contribution in [0.15, 0.2) is 53.1 Å². The van der Waals surface area contributed by atoms with E-state index in [0.717, 1.165) is 11.3 Å². The van der Waals surface area contributed by atoms with E-state index in [2.05, 4.69) is 10.1 Å². The summed E-state index contributed by atoms with van der Waals surface area (Å²) in [4.78, 5) is 26.1. The van der Waals surface area contributed by atoms with Gasteiger partial charge in [-0.15, -0.1) is 0 Å². The van der Waals surface area contributed by atoms with Crippen LogP contribution in [0.2, 0.25) is 0 Å². The minimum absolute atomic E-state index is 0.0298. The van der Waals surface area contributed by atoms with Crippen molar-refractivity contribution in [3.63, 3.8) is 0 Å². The molecule has 3 aromatic rings. The fraction of sp³-hybridized carbons (Fsp3) is 0.250. The number of rotatable bonds is 9. The van der Waals surface area contributed by atoms with Crippen LogP contribution in [0.3, 0.4) is 0 Å². The minimum atomic E-state index is -0.489. The van der Waals surface area contributed by atoms with E-state index in [1.807, 2.05) is 31.2 Å². The molecule has 0 saturated heterocycles. The van der Waals surface area contributed by atoms with Gasteiger partial charge < -0.3 is 14.0 Å². The van der Waals surface area contributed by atoms with Crippen LogP contribution < -0.4 is 4.74 Å². The van der Waals surface area contributed by atoms with E-state index in [9.17, 15) is 14.9 Å². The molecule has 0 spiro atoms. The fourth-order valence-corrected chi connectivity index (χ4v) is 2.49. The normalized spacial score (nSPS) is 10.5. The Morgan fingerprint density at radius 3 is 2.72 bits per heavy atom. The zero-order chi connectivity index (χ0) is 20.6. The fourth-order valence-electron chi connectivity index (χ4n) is 2.49. The number of nitro benzene ring substituents is 1. The van der Waals surface area contributed by atoms with Crippen molar-refractivity contribution in [3.05, 3.63) is 70.1 Å². The molecule has 0 aliphatic carbocycles. The molecule has 0 aliphatic heterocycles. The molecule has 150 valence electrons. The standard InChI is InChI=1S/C20H19N3O6/c1-14-4-2-5-17(12-14)27-11-3-6-19(24)28-13-18-21-20(22-29-18)15-7-9-16(10-8-15)23(25)26/h2,4-5,7-10,12H,3,6,11,13H2,1H3. The maximum Gasteiger partial charge on any atom is 0.306 e. The Balaban J connectivity index is 1.41. The number of benzene rings is 2. The number of hydrogen-bond donors (Lipinski definition) is 0. The largest absolute Gasteiger partial charge is 0.494 e. The van der Waals surface area contributed by atoms with Gasteiger partial charge in [-0.2, -0.15) is 4.98 Å².